The minimum absolute atomic E-state index is 0. The first-order valence-corrected chi connectivity index (χ1v) is 8.19. The first-order valence-electron chi connectivity index (χ1n) is 8.19. The van der Waals surface area contributed by atoms with Crippen LogP contribution in [0.4, 0.5) is 5.69 Å². The highest BCUT2D eigenvalue weighted by Crippen LogP contribution is 2.17. The summed E-state index contributed by atoms with van der Waals surface area (Å²) in [6, 6.07) is 7.04. The Bertz CT molecular complexity index is 550. The van der Waals surface area contributed by atoms with Crippen LogP contribution in [0, 0.1) is 0 Å². The SMILES string of the molecule is COCCNCC(=O)Nc1cccc(OCC(=O)N2CCCC2)c1.Cl. The van der Waals surface area contributed by atoms with Gasteiger partial charge < -0.3 is 25.0 Å². The molecule has 25 heavy (non-hydrogen) atoms. The van der Waals surface area contributed by atoms with Gasteiger partial charge in [-0.15, -0.1) is 12.4 Å². The lowest BCUT2D eigenvalue weighted by Crippen LogP contribution is -2.32. The third kappa shape index (κ3) is 7.72. The van der Waals surface area contributed by atoms with Crippen LogP contribution in [-0.4, -0.2) is 63.2 Å². The zero-order valence-electron chi connectivity index (χ0n) is 14.5. The monoisotopic (exact) mass is 371 g/mol. The van der Waals surface area contributed by atoms with Crippen molar-refractivity contribution in [2.75, 3.05) is 51.8 Å². The fraction of sp³-hybridized carbons (Fsp3) is 0.529. The van der Waals surface area contributed by atoms with Gasteiger partial charge in [0.2, 0.25) is 5.91 Å². The fourth-order valence-electron chi connectivity index (χ4n) is 2.45. The number of likely N-dealkylation sites (tertiary alicyclic amines) is 1. The number of benzene rings is 1. The summed E-state index contributed by atoms with van der Waals surface area (Å²) >= 11 is 0. The van der Waals surface area contributed by atoms with Crippen molar-refractivity contribution < 1.29 is 19.1 Å². The van der Waals surface area contributed by atoms with Gasteiger partial charge in [0.1, 0.15) is 5.75 Å². The number of methoxy groups -OCH3 is 1. The smallest absolute Gasteiger partial charge is 0.260 e. The second-order valence-corrected chi connectivity index (χ2v) is 5.62. The molecule has 0 atom stereocenters. The van der Waals surface area contributed by atoms with Crippen molar-refractivity contribution in [2.45, 2.75) is 12.8 Å². The molecule has 0 bridgehead atoms. The molecule has 1 aliphatic rings. The highest BCUT2D eigenvalue weighted by atomic mass is 35.5. The zero-order chi connectivity index (χ0) is 17.2. The van der Waals surface area contributed by atoms with Crippen LogP contribution in [0.5, 0.6) is 5.75 Å². The van der Waals surface area contributed by atoms with E-state index < -0.39 is 0 Å². The molecule has 1 aliphatic heterocycles. The summed E-state index contributed by atoms with van der Waals surface area (Å²) in [5, 5.41) is 5.76. The Hall–Kier alpha value is -1.83. The Balaban J connectivity index is 0.00000312. The lowest BCUT2D eigenvalue weighted by Gasteiger charge is -2.15. The van der Waals surface area contributed by atoms with E-state index >= 15 is 0 Å². The minimum atomic E-state index is -0.142. The number of hydrogen-bond donors (Lipinski definition) is 2. The summed E-state index contributed by atoms with van der Waals surface area (Å²) in [4.78, 5) is 25.6. The average molecular weight is 372 g/mol. The van der Waals surface area contributed by atoms with E-state index in [4.69, 9.17) is 9.47 Å². The fourth-order valence-corrected chi connectivity index (χ4v) is 2.45. The molecule has 0 spiro atoms. The Kier molecular flexibility index (Phi) is 9.91. The summed E-state index contributed by atoms with van der Waals surface area (Å²) < 4.78 is 10.4. The van der Waals surface area contributed by atoms with Crippen molar-refractivity contribution in [1.82, 2.24) is 10.2 Å². The molecule has 1 heterocycles. The molecule has 1 aromatic rings. The number of rotatable bonds is 9. The summed E-state index contributed by atoms with van der Waals surface area (Å²) in [5.74, 6) is 0.424. The van der Waals surface area contributed by atoms with E-state index in [0.717, 1.165) is 25.9 Å². The first-order chi connectivity index (χ1) is 11.7. The Morgan fingerprint density at radius 2 is 2.00 bits per heavy atom. The van der Waals surface area contributed by atoms with Crippen LogP contribution in [0.3, 0.4) is 0 Å². The van der Waals surface area contributed by atoms with Gasteiger partial charge in [0.25, 0.3) is 5.91 Å². The van der Waals surface area contributed by atoms with Gasteiger partial charge in [-0.2, -0.15) is 0 Å². The predicted molar refractivity (Wildman–Crippen MR) is 98.4 cm³/mol. The molecule has 0 unspecified atom stereocenters. The number of anilines is 1. The zero-order valence-corrected chi connectivity index (χ0v) is 15.3. The van der Waals surface area contributed by atoms with E-state index in [1.54, 1.807) is 31.4 Å². The summed E-state index contributed by atoms with van der Waals surface area (Å²) in [6.07, 6.45) is 2.12. The van der Waals surface area contributed by atoms with E-state index in [-0.39, 0.29) is 37.4 Å². The first kappa shape index (κ1) is 21.2. The normalized spacial score (nSPS) is 13.2. The molecule has 0 aliphatic carbocycles. The van der Waals surface area contributed by atoms with Crippen LogP contribution in [0.25, 0.3) is 0 Å². The van der Waals surface area contributed by atoms with Crippen LogP contribution in [0.1, 0.15) is 12.8 Å². The highest BCUT2D eigenvalue weighted by molar-refractivity contribution is 5.92. The van der Waals surface area contributed by atoms with E-state index in [9.17, 15) is 9.59 Å². The molecule has 1 aromatic carbocycles. The summed E-state index contributed by atoms with van der Waals surface area (Å²) in [7, 11) is 1.61. The van der Waals surface area contributed by atoms with Crippen molar-refractivity contribution >= 4 is 29.9 Å². The molecule has 7 nitrogen and oxygen atoms in total. The van der Waals surface area contributed by atoms with Gasteiger partial charge in [-0.05, 0) is 25.0 Å². The highest BCUT2D eigenvalue weighted by Gasteiger charge is 2.18. The molecular weight excluding hydrogens is 346 g/mol. The second kappa shape index (κ2) is 11.7. The van der Waals surface area contributed by atoms with E-state index in [1.807, 2.05) is 4.90 Å². The molecule has 0 radical (unpaired) electrons. The summed E-state index contributed by atoms with van der Waals surface area (Å²) in [6.45, 7) is 3.04. The van der Waals surface area contributed by atoms with Crippen LogP contribution < -0.4 is 15.4 Å². The van der Waals surface area contributed by atoms with Gasteiger partial charge in [-0.25, -0.2) is 0 Å². The molecule has 1 fully saturated rings. The third-order valence-corrected chi connectivity index (χ3v) is 3.71. The van der Waals surface area contributed by atoms with Crippen molar-refractivity contribution in [3.8, 4) is 5.75 Å². The molecule has 1 saturated heterocycles. The van der Waals surface area contributed by atoms with Gasteiger partial charge in [0.15, 0.2) is 6.61 Å². The number of nitrogens with one attached hydrogen (secondary N) is 2. The number of nitrogens with zero attached hydrogens (tertiary/aromatic N) is 1. The van der Waals surface area contributed by atoms with Gasteiger partial charge in [0.05, 0.1) is 13.2 Å². The quantitative estimate of drug-likeness (QED) is 0.639. The topological polar surface area (TPSA) is 79.9 Å². The lowest BCUT2D eigenvalue weighted by atomic mass is 10.3. The number of carbonyl (C=O) groups is 2. The van der Waals surface area contributed by atoms with Gasteiger partial charge in [-0.3, -0.25) is 9.59 Å². The molecule has 0 aromatic heterocycles. The largest absolute Gasteiger partial charge is 0.484 e. The van der Waals surface area contributed by atoms with Gasteiger partial charge in [-0.1, -0.05) is 6.07 Å². The van der Waals surface area contributed by atoms with Crippen LogP contribution in [0.2, 0.25) is 0 Å². The standard InChI is InChI=1S/C17H25N3O4.ClH/c1-23-10-7-18-12-16(21)19-14-5-4-6-15(11-14)24-13-17(22)20-8-2-3-9-20;/h4-6,11,18H,2-3,7-10,12-13H2,1H3,(H,19,21);1H. The number of carbonyl (C=O) groups excluding carboxylic acids is 2. The van der Waals surface area contributed by atoms with Crippen molar-refractivity contribution in [1.29, 1.82) is 0 Å². The molecule has 0 saturated carbocycles. The molecule has 2 amide bonds. The molecule has 8 heteroatoms. The number of hydrogen-bond acceptors (Lipinski definition) is 5. The van der Waals surface area contributed by atoms with Crippen LogP contribution in [0.15, 0.2) is 24.3 Å². The molecule has 2 rings (SSSR count). The maximum absolute atomic E-state index is 12.0. The van der Waals surface area contributed by atoms with Crippen molar-refractivity contribution in [3.05, 3.63) is 24.3 Å². The van der Waals surface area contributed by atoms with Crippen LogP contribution >= 0.6 is 12.4 Å². The maximum atomic E-state index is 12.0. The van der Waals surface area contributed by atoms with E-state index in [1.165, 1.54) is 0 Å². The third-order valence-electron chi connectivity index (χ3n) is 3.71. The van der Waals surface area contributed by atoms with Gasteiger partial charge in [0, 0.05) is 38.5 Å². The van der Waals surface area contributed by atoms with Crippen molar-refractivity contribution in [2.24, 2.45) is 0 Å². The predicted octanol–water partition coefficient (Wildman–Crippen LogP) is 1.28. The van der Waals surface area contributed by atoms with Crippen molar-refractivity contribution in [3.63, 3.8) is 0 Å². The molecular formula is C17H26ClN3O4. The number of halogens is 1. The second-order valence-electron chi connectivity index (χ2n) is 5.62. The summed E-state index contributed by atoms with van der Waals surface area (Å²) in [5.41, 5.74) is 0.639. The van der Waals surface area contributed by atoms with Crippen LogP contribution in [-0.2, 0) is 14.3 Å². The number of amides is 2. The maximum Gasteiger partial charge on any atom is 0.260 e. The Morgan fingerprint density at radius 1 is 1.24 bits per heavy atom. The average Bonchev–Trinajstić information content (AvgIpc) is 3.12. The molecule has 2 N–H and O–H groups in total. The Labute approximate surface area is 154 Å². The van der Waals surface area contributed by atoms with E-state index in [2.05, 4.69) is 10.6 Å². The lowest BCUT2D eigenvalue weighted by molar-refractivity contribution is -0.132. The number of ether oxygens (including phenoxy) is 2. The van der Waals surface area contributed by atoms with Gasteiger partial charge >= 0.3 is 0 Å². The van der Waals surface area contributed by atoms with E-state index in [0.29, 0.717) is 24.6 Å². The molecule has 140 valence electrons. The minimum Gasteiger partial charge on any atom is -0.484 e. The Morgan fingerprint density at radius 3 is 2.72 bits per heavy atom.